The fourth-order valence-electron chi connectivity index (χ4n) is 7.29. The number of carbonyl (C=O) groups is 1. The molecule has 5 aliphatic rings. The number of nitrogens with one attached hydrogen (secondary N) is 1. The van der Waals surface area contributed by atoms with Crippen molar-refractivity contribution in [2.45, 2.75) is 51.5 Å². The predicted octanol–water partition coefficient (Wildman–Crippen LogP) is 5.61. The molecule has 7 heteroatoms. The molecule has 32 heavy (non-hydrogen) atoms. The Hall–Kier alpha value is -1.85. The van der Waals surface area contributed by atoms with Crippen LogP contribution in [-0.2, 0) is 13.0 Å². The Labute approximate surface area is 198 Å². The number of rotatable bonds is 4. The van der Waals surface area contributed by atoms with Gasteiger partial charge in [0.05, 0.1) is 22.8 Å². The van der Waals surface area contributed by atoms with Crippen molar-refractivity contribution in [3.8, 4) is 0 Å². The van der Waals surface area contributed by atoms with Gasteiger partial charge in [0.25, 0.3) is 5.91 Å². The van der Waals surface area contributed by atoms with Gasteiger partial charge in [-0.15, -0.1) is 0 Å². The average Bonchev–Trinajstić information content (AvgIpc) is 2.76. The molecule has 0 saturated heterocycles. The number of fused-ring (bicyclic) bond motifs is 1. The van der Waals surface area contributed by atoms with Crippen LogP contribution in [0.2, 0.25) is 10.0 Å². The highest BCUT2D eigenvalue weighted by atomic mass is 35.5. The van der Waals surface area contributed by atoms with E-state index in [1.807, 2.05) is 4.90 Å². The molecule has 0 radical (unpaired) electrons. The van der Waals surface area contributed by atoms with Crippen molar-refractivity contribution >= 4 is 34.9 Å². The molecule has 1 aromatic carbocycles. The quantitative estimate of drug-likeness (QED) is 0.630. The van der Waals surface area contributed by atoms with E-state index < -0.39 is 0 Å². The van der Waals surface area contributed by atoms with Crippen molar-refractivity contribution in [1.82, 2.24) is 14.9 Å². The second kappa shape index (κ2) is 7.88. The number of benzene rings is 1. The zero-order valence-corrected chi connectivity index (χ0v) is 19.6. The maximum atomic E-state index is 13.1. The summed E-state index contributed by atoms with van der Waals surface area (Å²) in [6.07, 6.45) is 10.9. The third kappa shape index (κ3) is 3.67. The molecular formula is C25H28Cl2N4O. The highest BCUT2D eigenvalue weighted by Gasteiger charge is 2.50. The van der Waals surface area contributed by atoms with Gasteiger partial charge in [-0.3, -0.25) is 4.79 Å². The molecule has 1 amide bonds. The fourth-order valence-corrected chi connectivity index (χ4v) is 7.78. The van der Waals surface area contributed by atoms with Crippen LogP contribution in [0.25, 0.3) is 0 Å². The summed E-state index contributed by atoms with van der Waals surface area (Å²) in [6, 6.07) is 5.01. The summed E-state index contributed by atoms with van der Waals surface area (Å²) in [5, 5.41) is 4.64. The smallest absolute Gasteiger partial charge is 0.255 e. The molecule has 0 spiro atoms. The van der Waals surface area contributed by atoms with Gasteiger partial charge in [-0.05, 0) is 86.3 Å². The minimum atomic E-state index is -0.0843. The lowest BCUT2D eigenvalue weighted by atomic mass is 9.49. The molecule has 7 rings (SSSR count). The molecule has 4 aliphatic carbocycles. The minimum Gasteiger partial charge on any atom is -0.369 e. The van der Waals surface area contributed by atoms with E-state index in [0.717, 1.165) is 47.8 Å². The van der Waals surface area contributed by atoms with Gasteiger partial charge in [0, 0.05) is 23.7 Å². The predicted molar refractivity (Wildman–Crippen MR) is 126 cm³/mol. The second-order valence-corrected chi connectivity index (χ2v) is 11.4. The molecule has 0 unspecified atom stereocenters. The minimum absolute atomic E-state index is 0.0843. The van der Waals surface area contributed by atoms with Crippen LogP contribution in [0.3, 0.4) is 0 Å². The first-order valence-corrected chi connectivity index (χ1v) is 12.5. The lowest BCUT2D eigenvalue weighted by Gasteiger charge is -2.57. The van der Waals surface area contributed by atoms with Crippen molar-refractivity contribution in [1.29, 1.82) is 0 Å². The van der Waals surface area contributed by atoms with Crippen LogP contribution in [0.5, 0.6) is 0 Å². The van der Waals surface area contributed by atoms with Crippen molar-refractivity contribution in [3.05, 3.63) is 51.4 Å². The van der Waals surface area contributed by atoms with E-state index in [9.17, 15) is 4.79 Å². The molecule has 4 saturated carbocycles. The first-order valence-electron chi connectivity index (χ1n) is 11.8. The number of hydrogen-bond acceptors (Lipinski definition) is 4. The number of carbonyl (C=O) groups excluding carboxylic acids is 1. The normalized spacial score (nSPS) is 30.3. The van der Waals surface area contributed by atoms with Crippen molar-refractivity contribution < 1.29 is 4.79 Å². The molecule has 5 nitrogen and oxygen atoms in total. The average molecular weight is 471 g/mol. The first-order chi connectivity index (χ1) is 15.5. The summed E-state index contributed by atoms with van der Waals surface area (Å²) in [7, 11) is 0. The second-order valence-electron chi connectivity index (χ2n) is 10.5. The van der Waals surface area contributed by atoms with Gasteiger partial charge in [-0.1, -0.05) is 23.2 Å². The number of hydrogen-bond donors (Lipinski definition) is 1. The van der Waals surface area contributed by atoms with Crippen LogP contribution in [0, 0.1) is 23.2 Å². The first kappa shape index (κ1) is 20.7. The third-order valence-electron chi connectivity index (χ3n) is 8.25. The summed E-state index contributed by atoms with van der Waals surface area (Å²) in [5.41, 5.74) is 3.02. The zero-order chi connectivity index (χ0) is 21.9. The van der Waals surface area contributed by atoms with Gasteiger partial charge in [-0.25, -0.2) is 9.97 Å². The molecular weight excluding hydrogens is 443 g/mol. The molecule has 2 aromatic rings. The summed E-state index contributed by atoms with van der Waals surface area (Å²) in [6.45, 7) is 2.12. The Morgan fingerprint density at radius 2 is 1.81 bits per heavy atom. The standard InChI is InChI=1S/C25H28Cl2N4O/c26-18-1-2-19(21(27)8-18)24(32)31-4-3-20-22(12-31)29-14-30-23(20)28-13-25-9-15-5-16(10-25)7-17(6-15)11-25/h1-2,8,14-17H,3-7,9-13H2,(H,28,29,30). The SMILES string of the molecule is O=C(c1ccc(Cl)cc1Cl)N1CCc2c(ncnc2NCC23CC4CC(CC(C4)C2)C3)C1. The van der Waals surface area contributed by atoms with Crippen molar-refractivity contribution in [2.75, 3.05) is 18.4 Å². The molecule has 4 fully saturated rings. The molecule has 4 bridgehead atoms. The van der Waals surface area contributed by atoms with Gasteiger partial charge >= 0.3 is 0 Å². The van der Waals surface area contributed by atoms with Gasteiger partial charge in [-0.2, -0.15) is 0 Å². The number of anilines is 1. The molecule has 1 aromatic heterocycles. The lowest BCUT2D eigenvalue weighted by Crippen LogP contribution is -2.49. The Morgan fingerprint density at radius 3 is 2.50 bits per heavy atom. The van der Waals surface area contributed by atoms with Gasteiger partial charge in [0.2, 0.25) is 0 Å². The van der Waals surface area contributed by atoms with Crippen LogP contribution in [0.4, 0.5) is 5.82 Å². The molecule has 0 atom stereocenters. The molecule has 1 aliphatic heterocycles. The summed E-state index contributed by atoms with van der Waals surface area (Å²) in [4.78, 5) is 24.0. The summed E-state index contributed by atoms with van der Waals surface area (Å²) in [5.74, 6) is 3.71. The molecule has 2 heterocycles. The van der Waals surface area contributed by atoms with Crippen LogP contribution >= 0.6 is 23.2 Å². The topological polar surface area (TPSA) is 58.1 Å². The lowest BCUT2D eigenvalue weighted by molar-refractivity contribution is -0.0444. The van der Waals surface area contributed by atoms with Crippen LogP contribution in [0.1, 0.15) is 60.1 Å². The monoisotopic (exact) mass is 470 g/mol. The number of aromatic nitrogens is 2. The number of amides is 1. The maximum Gasteiger partial charge on any atom is 0.255 e. The Morgan fingerprint density at radius 1 is 1.09 bits per heavy atom. The zero-order valence-electron chi connectivity index (χ0n) is 18.1. The highest BCUT2D eigenvalue weighted by molar-refractivity contribution is 6.36. The van der Waals surface area contributed by atoms with E-state index >= 15 is 0 Å². The summed E-state index contributed by atoms with van der Waals surface area (Å²) < 4.78 is 0. The molecule has 168 valence electrons. The Kier molecular flexibility index (Phi) is 5.10. The highest BCUT2D eigenvalue weighted by Crippen LogP contribution is 2.59. The van der Waals surface area contributed by atoms with Gasteiger partial charge < -0.3 is 10.2 Å². The maximum absolute atomic E-state index is 13.1. The van der Waals surface area contributed by atoms with E-state index in [4.69, 9.17) is 23.2 Å². The van der Waals surface area contributed by atoms with E-state index in [0.29, 0.717) is 34.1 Å². The van der Waals surface area contributed by atoms with Crippen LogP contribution in [-0.4, -0.2) is 33.9 Å². The van der Waals surface area contributed by atoms with Crippen LogP contribution < -0.4 is 5.32 Å². The van der Waals surface area contributed by atoms with Crippen molar-refractivity contribution in [2.24, 2.45) is 23.2 Å². The summed E-state index contributed by atoms with van der Waals surface area (Å²) >= 11 is 12.3. The van der Waals surface area contributed by atoms with Gasteiger partial charge in [0.1, 0.15) is 12.1 Å². The van der Waals surface area contributed by atoms with Crippen molar-refractivity contribution in [3.63, 3.8) is 0 Å². The molecule has 1 N–H and O–H groups in total. The van der Waals surface area contributed by atoms with E-state index in [1.54, 1.807) is 24.5 Å². The van der Waals surface area contributed by atoms with E-state index in [1.165, 1.54) is 38.5 Å². The number of nitrogens with zero attached hydrogens (tertiary/aromatic N) is 3. The van der Waals surface area contributed by atoms with E-state index in [-0.39, 0.29) is 5.91 Å². The van der Waals surface area contributed by atoms with Crippen LogP contribution in [0.15, 0.2) is 24.5 Å². The Balaban J connectivity index is 1.17. The largest absolute Gasteiger partial charge is 0.369 e. The van der Waals surface area contributed by atoms with E-state index in [2.05, 4.69) is 15.3 Å². The number of halogens is 2. The Bertz CT molecular complexity index is 1040. The third-order valence-corrected chi connectivity index (χ3v) is 8.80. The van der Waals surface area contributed by atoms with Gasteiger partial charge in [0.15, 0.2) is 0 Å². The fraction of sp³-hybridized carbons (Fsp3) is 0.560.